The van der Waals surface area contributed by atoms with Crippen LogP contribution in [-0.4, -0.2) is 27.1 Å². The van der Waals surface area contributed by atoms with Gasteiger partial charge in [0, 0.05) is 22.7 Å². The molecule has 0 fully saturated rings. The largest absolute Gasteiger partial charge is 0.496 e. The van der Waals surface area contributed by atoms with Crippen LogP contribution in [0.15, 0.2) is 35.7 Å². The Morgan fingerprint density at radius 3 is 2.48 bits per heavy atom. The fraction of sp³-hybridized carbons (Fsp3) is 0.214. The Hall–Kier alpha value is -1.86. The average molecular weight is 325 g/mol. The first-order valence-corrected chi connectivity index (χ1v) is 8.76. The predicted molar refractivity (Wildman–Crippen MR) is 83.8 cm³/mol. The fourth-order valence-corrected chi connectivity index (χ4v) is 3.08. The normalized spacial score (nSPS) is 11.1. The van der Waals surface area contributed by atoms with Crippen molar-refractivity contribution in [1.82, 2.24) is 0 Å². The molecule has 0 aliphatic heterocycles. The summed E-state index contributed by atoms with van der Waals surface area (Å²) in [6, 6.07) is 8.03. The molecule has 0 unspecified atom stereocenters. The molecule has 1 N–H and O–H groups in total. The van der Waals surface area contributed by atoms with Gasteiger partial charge in [0.1, 0.15) is 5.75 Å². The molecule has 1 heterocycles. The van der Waals surface area contributed by atoms with E-state index >= 15 is 0 Å². The van der Waals surface area contributed by atoms with Gasteiger partial charge in [0.05, 0.1) is 17.7 Å². The molecule has 0 saturated carbocycles. The van der Waals surface area contributed by atoms with E-state index in [1.165, 1.54) is 11.3 Å². The number of benzene rings is 1. The van der Waals surface area contributed by atoms with Gasteiger partial charge in [0.15, 0.2) is 0 Å². The number of carbonyl (C=O) groups is 1. The van der Waals surface area contributed by atoms with Crippen LogP contribution < -0.4 is 9.46 Å². The van der Waals surface area contributed by atoms with E-state index in [1.54, 1.807) is 49.7 Å². The van der Waals surface area contributed by atoms with Crippen molar-refractivity contribution in [3.63, 3.8) is 0 Å². The summed E-state index contributed by atoms with van der Waals surface area (Å²) in [5, 5.41) is 1.76. The summed E-state index contributed by atoms with van der Waals surface area (Å²) in [7, 11) is -1.76. The third-order valence-corrected chi connectivity index (χ3v) is 5.05. The molecule has 2 rings (SSSR count). The van der Waals surface area contributed by atoms with Gasteiger partial charge in [-0.25, -0.2) is 8.42 Å². The number of methoxy groups -OCH3 is 1. The van der Waals surface area contributed by atoms with Crippen molar-refractivity contribution in [3.05, 3.63) is 46.2 Å². The summed E-state index contributed by atoms with van der Waals surface area (Å²) in [6.45, 7) is 1.56. The number of ether oxygens (including phenoxy) is 1. The molecular formula is C14H15NO4S2. The fourth-order valence-electron chi connectivity index (χ4n) is 1.63. The second kappa shape index (κ2) is 6.28. The molecule has 0 spiro atoms. The van der Waals surface area contributed by atoms with Crippen LogP contribution in [0, 0.1) is 0 Å². The molecule has 1 aromatic carbocycles. The molecule has 0 bridgehead atoms. The molecule has 112 valence electrons. The number of carbonyl (C=O) groups excluding carboxylic acids is 1. The number of ketones is 1. The smallest absolute Gasteiger partial charge is 0.232 e. The Bertz CT molecular complexity index is 733. The summed E-state index contributed by atoms with van der Waals surface area (Å²) >= 11 is 1.31. The topological polar surface area (TPSA) is 72.5 Å². The summed E-state index contributed by atoms with van der Waals surface area (Å²) < 4.78 is 30.4. The monoisotopic (exact) mass is 325 g/mol. The Morgan fingerprint density at radius 1 is 1.29 bits per heavy atom. The second-order valence-corrected chi connectivity index (χ2v) is 7.18. The van der Waals surface area contributed by atoms with Gasteiger partial charge in [-0.15, -0.1) is 11.3 Å². The standard InChI is InChI=1S/C14H15NO4S2/c1-3-21(17,18)15-11-6-4-10(5-7-11)14(16)13-8-12(19-2)9-20-13/h4-9,15H,3H2,1-2H3. The van der Waals surface area contributed by atoms with Crippen molar-refractivity contribution in [2.75, 3.05) is 17.6 Å². The minimum atomic E-state index is -3.31. The highest BCUT2D eigenvalue weighted by atomic mass is 32.2. The molecule has 5 nitrogen and oxygen atoms in total. The van der Waals surface area contributed by atoms with E-state index in [1.807, 2.05) is 0 Å². The molecule has 0 radical (unpaired) electrons. The molecule has 2 aromatic rings. The summed E-state index contributed by atoms with van der Waals surface area (Å²) in [5.74, 6) is 0.534. The third-order valence-electron chi connectivity index (χ3n) is 2.84. The SMILES string of the molecule is CCS(=O)(=O)Nc1ccc(C(=O)c2cc(OC)cs2)cc1. The highest BCUT2D eigenvalue weighted by Gasteiger charge is 2.13. The maximum atomic E-state index is 12.2. The number of anilines is 1. The van der Waals surface area contributed by atoms with Crippen LogP contribution in [0.4, 0.5) is 5.69 Å². The second-order valence-electron chi connectivity index (χ2n) is 4.26. The van der Waals surface area contributed by atoms with Gasteiger partial charge in [-0.1, -0.05) is 0 Å². The Balaban J connectivity index is 2.17. The third kappa shape index (κ3) is 3.83. The molecular weight excluding hydrogens is 310 g/mol. The van der Waals surface area contributed by atoms with Gasteiger partial charge in [-0.05, 0) is 31.2 Å². The van der Waals surface area contributed by atoms with Gasteiger partial charge in [0.25, 0.3) is 0 Å². The maximum absolute atomic E-state index is 12.2. The summed E-state index contributed by atoms with van der Waals surface area (Å²) in [4.78, 5) is 12.8. The number of nitrogens with one attached hydrogen (secondary N) is 1. The van der Waals surface area contributed by atoms with Crippen LogP contribution in [0.3, 0.4) is 0 Å². The number of thiophene rings is 1. The lowest BCUT2D eigenvalue weighted by atomic mass is 10.1. The minimum absolute atomic E-state index is 0.00265. The van der Waals surface area contributed by atoms with Crippen LogP contribution in [0.2, 0.25) is 0 Å². The minimum Gasteiger partial charge on any atom is -0.496 e. The lowest BCUT2D eigenvalue weighted by molar-refractivity contribution is 0.104. The first-order chi connectivity index (χ1) is 9.95. The molecule has 0 saturated heterocycles. The van der Waals surface area contributed by atoms with Crippen LogP contribution in [0.25, 0.3) is 0 Å². The molecule has 0 atom stereocenters. The Labute approximate surface area is 127 Å². The van der Waals surface area contributed by atoms with Crippen LogP contribution in [0.1, 0.15) is 22.2 Å². The van der Waals surface area contributed by atoms with Gasteiger partial charge >= 0.3 is 0 Å². The number of sulfonamides is 1. The first kappa shape index (κ1) is 15.5. The molecule has 0 aliphatic carbocycles. The zero-order chi connectivity index (χ0) is 15.5. The molecule has 0 aliphatic rings. The van der Waals surface area contributed by atoms with Crippen molar-refractivity contribution in [1.29, 1.82) is 0 Å². The van der Waals surface area contributed by atoms with Gasteiger partial charge in [-0.3, -0.25) is 9.52 Å². The van der Waals surface area contributed by atoms with Crippen molar-refractivity contribution >= 4 is 32.8 Å². The van der Waals surface area contributed by atoms with Gasteiger partial charge < -0.3 is 4.74 Å². The maximum Gasteiger partial charge on any atom is 0.232 e. The van der Waals surface area contributed by atoms with E-state index < -0.39 is 10.0 Å². The molecule has 7 heteroatoms. The first-order valence-electron chi connectivity index (χ1n) is 6.23. The highest BCUT2D eigenvalue weighted by molar-refractivity contribution is 7.92. The quantitative estimate of drug-likeness (QED) is 0.829. The number of hydrogen-bond acceptors (Lipinski definition) is 5. The van der Waals surface area contributed by atoms with Crippen LogP contribution in [-0.2, 0) is 10.0 Å². The zero-order valence-corrected chi connectivity index (χ0v) is 13.3. The van der Waals surface area contributed by atoms with Crippen molar-refractivity contribution in [3.8, 4) is 5.75 Å². The molecule has 1 aromatic heterocycles. The number of rotatable bonds is 6. The molecule has 0 amide bonds. The van der Waals surface area contributed by atoms with E-state index in [2.05, 4.69) is 4.72 Å². The van der Waals surface area contributed by atoms with Crippen LogP contribution >= 0.6 is 11.3 Å². The van der Waals surface area contributed by atoms with Crippen LogP contribution in [0.5, 0.6) is 5.75 Å². The highest BCUT2D eigenvalue weighted by Crippen LogP contribution is 2.24. The lowest BCUT2D eigenvalue weighted by Gasteiger charge is -2.06. The van der Waals surface area contributed by atoms with Gasteiger partial charge in [0.2, 0.25) is 15.8 Å². The Morgan fingerprint density at radius 2 is 1.95 bits per heavy atom. The van der Waals surface area contributed by atoms with Crippen molar-refractivity contribution in [2.24, 2.45) is 0 Å². The lowest BCUT2D eigenvalue weighted by Crippen LogP contribution is -2.14. The van der Waals surface area contributed by atoms with E-state index in [4.69, 9.17) is 4.74 Å². The molecule has 21 heavy (non-hydrogen) atoms. The summed E-state index contributed by atoms with van der Waals surface area (Å²) in [6.07, 6.45) is 0. The van der Waals surface area contributed by atoms with E-state index in [0.717, 1.165) is 0 Å². The number of hydrogen-bond donors (Lipinski definition) is 1. The van der Waals surface area contributed by atoms with E-state index in [-0.39, 0.29) is 11.5 Å². The van der Waals surface area contributed by atoms with Crippen molar-refractivity contribution in [2.45, 2.75) is 6.92 Å². The Kier molecular flexibility index (Phi) is 4.64. The zero-order valence-electron chi connectivity index (χ0n) is 11.6. The van der Waals surface area contributed by atoms with E-state index in [0.29, 0.717) is 21.9 Å². The van der Waals surface area contributed by atoms with Gasteiger partial charge in [-0.2, -0.15) is 0 Å². The van der Waals surface area contributed by atoms with Crippen molar-refractivity contribution < 1.29 is 17.9 Å². The van der Waals surface area contributed by atoms with E-state index in [9.17, 15) is 13.2 Å². The predicted octanol–water partition coefficient (Wildman–Crippen LogP) is 2.75. The summed E-state index contributed by atoms with van der Waals surface area (Å²) in [5.41, 5.74) is 0.941. The average Bonchev–Trinajstić information content (AvgIpc) is 2.96.